The molecule has 0 spiro atoms. The van der Waals surface area contributed by atoms with Crippen LogP contribution in [-0.2, 0) is 6.42 Å². The van der Waals surface area contributed by atoms with Gasteiger partial charge in [-0.25, -0.2) is 0 Å². The highest BCUT2D eigenvalue weighted by molar-refractivity contribution is 7.79. The molecule has 1 atom stereocenters. The molecule has 0 aliphatic heterocycles. The van der Waals surface area contributed by atoms with Gasteiger partial charge < -0.3 is 0 Å². The number of thiocarbonyl (C=S) groups is 1. The van der Waals surface area contributed by atoms with Crippen molar-refractivity contribution in [3.63, 3.8) is 0 Å². The number of rotatable bonds is 3. The fraction of sp³-hybridized carbons (Fsp3) is 0.300. The Morgan fingerprint density at radius 2 is 2.00 bits per heavy atom. The maximum absolute atomic E-state index is 4.72. The summed E-state index contributed by atoms with van der Waals surface area (Å²) in [6.45, 7) is 2.08. The third-order valence-electron chi connectivity index (χ3n) is 1.59. The average Bonchev–Trinajstić information content (AvgIpc) is 2.06. The standard InChI is InChI=1S/C10H11S/c1-9(8-11)7-10-5-3-2-4-6-10/h2-6,9H,7H2,1H3/t9-/m0/s1. The number of hydrogen-bond donors (Lipinski definition) is 0. The molecule has 0 heterocycles. The van der Waals surface area contributed by atoms with Gasteiger partial charge in [-0.05, 0) is 17.9 Å². The fourth-order valence-corrected chi connectivity index (χ4v) is 1.09. The Morgan fingerprint density at radius 3 is 2.55 bits per heavy atom. The van der Waals surface area contributed by atoms with Crippen molar-refractivity contribution in [2.24, 2.45) is 5.92 Å². The van der Waals surface area contributed by atoms with Crippen LogP contribution in [0.1, 0.15) is 12.5 Å². The highest BCUT2D eigenvalue weighted by Crippen LogP contribution is 2.05. The van der Waals surface area contributed by atoms with Crippen molar-refractivity contribution in [3.05, 3.63) is 35.9 Å². The van der Waals surface area contributed by atoms with Gasteiger partial charge in [0.05, 0.1) is 0 Å². The van der Waals surface area contributed by atoms with E-state index in [1.54, 1.807) is 0 Å². The van der Waals surface area contributed by atoms with E-state index in [9.17, 15) is 0 Å². The quantitative estimate of drug-likeness (QED) is 0.617. The van der Waals surface area contributed by atoms with Gasteiger partial charge in [0.1, 0.15) is 0 Å². The molecular formula is C10H11S. The van der Waals surface area contributed by atoms with Gasteiger partial charge in [0.15, 0.2) is 0 Å². The van der Waals surface area contributed by atoms with Crippen LogP contribution in [0, 0.1) is 5.92 Å². The van der Waals surface area contributed by atoms with Crippen molar-refractivity contribution in [1.29, 1.82) is 0 Å². The molecule has 1 aromatic rings. The molecular weight excluding hydrogens is 152 g/mol. The minimum atomic E-state index is 0.382. The molecule has 0 saturated heterocycles. The molecule has 0 fully saturated rings. The summed E-state index contributed by atoms with van der Waals surface area (Å²) in [6.07, 6.45) is 1.00. The summed E-state index contributed by atoms with van der Waals surface area (Å²) >= 11 is 4.72. The van der Waals surface area contributed by atoms with E-state index in [0.29, 0.717) is 5.92 Å². The van der Waals surface area contributed by atoms with Crippen LogP contribution in [0.2, 0.25) is 0 Å². The van der Waals surface area contributed by atoms with Crippen LogP contribution >= 0.6 is 12.2 Å². The summed E-state index contributed by atoms with van der Waals surface area (Å²) in [4.78, 5) is 0. The molecule has 0 nitrogen and oxygen atoms in total. The summed E-state index contributed by atoms with van der Waals surface area (Å²) in [5, 5.41) is 2.80. The summed E-state index contributed by atoms with van der Waals surface area (Å²) in [5.41, 5.74) is 1.33. The molecule has 0 saturated carbocycles. The summed E-state index contributed by atoms with van der Waals surface area (Å²) in [7, 11) is 0. The van der Waals surface area contributed by atoms with Crippen LogP contribution < -0.4 is 0 Å². The van der Waals surface area contributed by atoms with Gasteiger partial charge in [-0.3, -0.25) is 0 Å². The Morgan fingerprint density at radius 1 is 1.36 bits per heavy atom. The van der Waals surface area contributed by atoms with Gasteiger partial charge in [-0.15, -0.1) is 0 Å². The predicted molar refractivity (Wildman–Crippen MR) is 51.9 cm³/mol. The van der Waals surface area contributed by atoms with Crippen LogP contribution in [0.3, 0.4) is 0 Å². The molecule has 1 aromatic carbocycles. The first kappa shape index (κ1) is 8.41. The second-order valence-corrected chi connectivity index (χ2v) is 2.94. The Balaban J connectivity index is 2.57. The van der Waals surface area contributed by atoms with Crippen molar-refractivity contribution in [2.75, 3.05) is 0 Å². The van der Waals surface area contributed by atoms with E-state index in [1.807, 2.05) is 18.2 Å². The molecule has 0 unspecified atom stereocenters. The molecule has 57 valence electrons. The van der Waals surface area contributed by atoms with E-state index in [-0.39, 0.29) is 0 Å². The third-order valence-corrected chi connectivity index (χ3v) is 1.99. The molecule has 0 amide bonds. The van der Waals surface area contributed by atoms with E-state index < -0.39 is 0 Å². The Labute approximate surface area is 73.2 Å². The summed E-state index contributed by atoms with van der Waals surface area (Å²) < 4.78 is 0. The highest BCUT2D eigenvalue weighted by Gasteiger charge is 1.98. The van der Waals surface area contributed by atoms with Crippen molar-refractivity contribution < 1.29 is 0 Å². The van der Waals surface area contributed by atoms with Crippen LogP contribution in [0.5, 0.6) is 0 Å². The monoisotopic (exact) mass is 163 g/mol. The molecule has 11 heavy (non-hydrogen) atoms. The summed E-state index contributed by atoms with van der Waals surface area (Å²) in [5.74, 6) is 0.382. The van der Waals surface area contributed by atoms with Gasteiger partial charge >= 0.3 is 0 Å². The fourth-order valence-electron chi connectivity index (χ4n) is 1.01. The molecule has 0 bridgehead atoms. The van der Waals surface area contributed by atoms with Crippen LogP contribution in [0.15, 0.2) is 30.3 Å². The predicted octanol–water partition coefficient (Wildman–Crippen LogP) is 2.74. The number of benzene rings is 1. The average molecular weight is 163 g/mol. The van der Waals surface area contributed by atoms with Crippen LogP contribution in [0.25, 0.3) is 0 Å². The summed E-state index contributed by atoms with van der Waals surface area (Å²) in [6, 6.07) is 10.3. The van der Waals surface area contributed by atoms with Crippen molar-refractivity contribution in [3.8, 4) is 0 Å². The third kappa shape index (κ3) is 2.81. The maximum Gasteiger partial charge on any atom is 0.0325 e. The van der Waals surface area contributed by atoms with Gasteiger partial charge in [0.2, 0.25) is 0 Å². The Hall–Kier alpha value is -0.690. The van der Waals surface area contributed by atoms with Gasteiger partial charge in [0.25, 0.3) is 0 Å². The minimum Gasteiger partial charge on any atom is -0.0834 e. The lowest BCUT2D eigenvalue weighted by Gasteiger charge is -2.02. The molecule has 0 aliphatic carbocycles. The lowest BCUT2D eigenvalue weighted by atomic mass is 10.0. The van der Waals surface area contributed by atoms with Crippen molar-refractivity contribution in [1.82, 2.24) is 0 Å². The van der Waals surface area contributed by atoms with E-state index in [1.165, 1.54) is 5.56 Å². The Kier molecular flexibility index (Phi) is 3.24. The van der Waals surface area contributed by atoms with E-state index in [4.69, 9.17) is 12.2 Å². The normalized spacial score (nSPS) is 12.5. The van der Waals surface area contributed by atoms with E-state index in [2.05, 4.69) is 24.4 Å². The van der Waals surface area contributed by atoms with Gasteiger partial charge in [-0.1, -0.05) is 49.5 Å². The zero-order valence-electron chi connectivity index (χ0n) is 6.58. The largest absolute Gasteiger partial charge is 0.0834 e. The lowest BCUT2D eigenvalue weighted by Crippen LogP contribution is -1.98. The lowest BCUT2D eigenvalue weighted by molar-refractivity contribution is 0.792. The zero-order chi connectivity index (χ0) is 8.10. The topological polar surface area (TPSA) is 0 Å². The van der Waals surface area contributed by atoms with Crippen LogP contribution in [-0.4, -0.2) is 5.37 Å². The Bertz CT molecular complexity index is 216. The molecule has 1 heteroatoms. The van der Waals surface area contributed by atoms with Gasteiger partial charge in [0, 0.05) is 5.37 Å². The minimum absolute atomic E-state index is 0.382. The van der Waals surface area contributed by atoms with Crippen LogP contribution in [0.4, 0.5) is 0 Å². The van der Waals surface area contributed by atoms with E-state index >= 15 is 0 Å². The van der Waals surface area contributed by atoms with Crippen molar-refractivity contribution >= 4 is 17.6 Å². The SMILES string of the molecule is C[C@H]([C]=S)Cc1ccccc1. The molecule has 1 radical (unpaired) electrons. The van der Waals surface area contributed by atoms with Crippen molar-refractivity contribution in [2.45, 2.75) is 13.3 Å². The zero-order valence-corrected chi connectivity index (χ0v) is 7.40. The van der Waals surface area contributed by atoms with E-state index in [0.717, 1.165) is 6.42 Å². The molecule has 0 aliphatic rings. The first-order valence-electron chi connectivity index (χ1n) is 3.74. The van der Waals surface area contributed by atoms with Gasteiger partial charge in [-0.2, -0.15) is 0 Å². The maximum atomic E-state index is 4.72. The first-order chi connectivity index (χ1) is 5.33. The smallest absolute Gasteiger partial charge is 0.0325 e. The second-order valence-electron chi connectivity index (χ2n) is 2.71. The molecule has 1 rings (SSSR count). The number of hydrogen-bond acceptors (Lipinski definition) is 1. The molecule has 0 aromatic heterocycles. The molecule has 0 N–H and O–H groups in total. The second kappa shape index (κ2) is 4.24. The highest BCUT2D eigenvalue weighted by atomic mass is 32.1. The first-order valence-corrected chi connectivity index (χ1v) is 4.15.